The number of nitrogens with one attached hydrogen (secondary N) is 2. The van der Waals surface area contributed by atoms with Crippen LogP contribution in [0.25, 0.3) is 0 Å². The number of ether oxygens (including phenoxy) is 2. The van der Waals surface area contributed by atoms with E-state index in [1.165, 1.54) is 4.31 Å². The minimum Gasteiger partial charge on any atom is -0.454 e. The zero-order valence-electron chi connectivity index (χ0n) is 20.1. The molecule has 35 heavy (non-hydrogen) atoms. The van der Waals surface area contributed by atoms with Gasteiger partial charge in [0.25, 0.3) is 0 Å². The van der Waals surface area contributed by atoms with E-state index in [4.69, 9.17) is 9.47 Å². The quantitative estimate of drug-likeness (QED) is 0.603. The number of aryl methyl sites for hydroxylation is 1. The molecule has 10 heteroatoms. The SMILES string of the molecule is Cc1ccc(S(=O)(=O)N2CCC(C(=O)NC(C(=O)Nc3ccc4c(c3)OCO4)C(C)C)CC2)cc1. The third kappa shape index (κ3) is 5.59. The molecule has 0 spiro atoms. The van der Waals surface area contributed by atoms with Crippen molar-refractivity contribution in [2.24, 2.45) is 11.8 Å². The Kier molecular flexibility index (Phi) is 7.32. The average molecular weight is 502 g/mol. The molecule has 0 aromatic heterocycles. The summed E-state index contributed by atoms with van der Waals surface area (Å²) in [7, 11) is -3.60. The number of benzene rings is 2. The maximum absolute atomic E-state index is 13.0. The first kappa shape index (κ1) is 25.0. The molecule has 0 radical (unpaired) electrons. The molecule has 1 fully saturated rings. The van der Waals surface area contributed by atoms with Crippen molar-refractivity contribution in [3.8, 4) is 11.5 Å². The lowest BCUT2D eigenvalue weighted by Crippen LogP contribution is -2.50. The van der Waals surface area contributed by atoms with Crippen LogP contribution >= 0.6 is 0 Å². The topological polar surface area (TPSA) is 114 Å². The third-order valence-corrected chi connectivity index (χ3v) is 8.28. The van der Waals surface area contributed by atoms with Crippen LogP contribution in [0.15, 0.2) is 47.4 Å². The molecule has 2 aromatic carbocycles. The van der Waals surface area contributed by atoms with Crippen LogP contribution in [0.4, 0.5) is 5.69 Å². The number of carbonyl (C=O) groups excluding carboxylic acids is 2. The number of anilines is 1. The minimum atomic E-state index is -3.60. The van der Waals surface area contributed by atoms with Crippen LogP contribution in [0, 0.1) is 18.8 Å². The Morgan fingerprint density at radius 2 is 1.66 bits per heavy atom. The molecule has 188 valence electrons. The van der Waals surface area contributed by atoms with E-state index in [9.17, 15) is 18.0 Å². The second-order valence-electron chi connectivity index (χ2n) is 9.28. The summed E-state index contributed by atoms with van der Waals surface area (Å²) in [4.78, 5) is 26.2. The van der Waals surface area contributed by atoms with Gasteiger partial charge >= 0.3 is 0 Å². The number of fused-ring (bicyclic) bond motifs is 1. The van der Waals surface area contributed by atoms with Gasteiger partial charge in [-0.25, -0.2) is 8.42 Å². The third-order valence-electron chi connectivity index (χ3n) is 6.37. The second kappa shape index (κ2) is 10.2. The monoisotopic (exact) mass is 501 g/mol. The van der Waals surface area contributed by atoms with E-state index >= 15 is 0 Å². The molecule has 1 unspecified atom stereocenters. The lowest BCUT2D eigenvalue weighted by Gasteiger charge is -2.32. The molecule has 9 nitrogen and oxygen atoms in total. The number of carbonyl (C=O) groups is 2. The summed E-state index contributed by atoms with van der Waals surface area (Å²) in [5.74, 6) is 0.102. The van der Waals surface area contributed by atoms with Crippen LogP contribution in [0.1, 0.15) is 32.3 Å². The number of nitrogens with zero attached hydrogens (tertiary/aromatic N) is 1. The zero-order valence-corrected chi connectivity index (χ0v) is 20.9. The molecule has 2 aliphatic rings. The smallest absolute Gasteiger partial charge is 0.247 e. The molecule has 2 N–H and O–H groups in total. The second-order valence-corrected chi connectivity index (χ2v) is 11.2. The largest absolute Gasteiger partial charge is 0.454 e. The van der Waals surface area contributed by atoms with Gasteiger partial charge in [0.2, 0.25) is 28.6 Å². The fourth-order valence-electron chi connectivity index (χ4n) is 4.22. The first-order valence-electron chi connectivity index (χ1n) is 11.7. The van der Waals surface area contributed by atoms with Crippen molar-refractivity contribution in [2.75, 3.05) is 25.2 Å². The van der Waals surface area contributed by atoms with E-state index in [-0.39, 0.29) is 48.4 Å². The van der Waals surface area contributed by atoms with Gasteiger partial charge in [-0.3, -0.25) is 9.59 Å². The highest BCUT2D eigenvalue weighted by atomic mass is 32.2. The van der Waals surface area contributed by atoms with Crippen LogP contribution < -0.4 is 20.1 Å². The van der Waals surface area contributed by atoms with E-state index in [2.05, 4.69) is 10.6 Å². The van der Waals surface area contributed by atoms with Crippen LogP contribution in [-0.2, 0) is 19.6 Å². The number of hydrogen-bond acceptors (Lipinski definition) is 6. The van der Waals surface area contributed by atoms with Gasteiger partial charge in [-0.15, -0.1) is 0 Å². The normalized spacial score (nSPS) is 17.3. The van der Waals surface area contributed by atoms with Crippen molar-refractivity contribution >= 4 is 27.5 Å². The highest BCUT2D eigenvalue weighted by Gasteiger charge is 2.34. The molecule has 4 rings (SSSR count). The number of piperidine rings is 1. The van der Waals surface area contributed by atoms with E-state index < -0.39 is 16.1 Å². The molecule has 2 aliphatic heterocycles. The van der Waals surface area contributed by atoms with Crippen molar-refractivity contribution in [3.63, 3.8) is 0 Å². The van der Waals surface area contributed by atoms with Gasteiger partial charge in [0.05, 0.1) is 4.90 Å². The minimum absolute atomic E-state index is 0.141. The predicted octanol–water partition coefficient (Wildman–Crippen LogP) is 2.90. The summed E-state index contributed by atoms with van der Waals surface area (Å²) in [5, 5.41) is 5.71. The number of amides is 2. The number of sulfonamides is 1. The highest BCUT2D eigenvalue weighted by Crippen LogP contribution is 2.34. The van der Waals surface area contributed by atoms with Gasteiger partial charge < -0.3 is 20.1 Å². The standard InChI is InChI=1S/C25H31N3O6S/c1-16(2)23(25(30)26-19-6-9-21-22(14-19)34-15-33-21)27-24(29)18-10-12-28(13-11-18)35(31,32)20-7-4-17(3)5-8-20/h4-9,14,16,18,23H,10-13,15H2,1-3H3,(H,26,30)(H,27,29). The Bertz CT molecular complexity index is 1190. The van der Waals surface area contributed by atoms with Crippen LogP contribution in [0.2, 0.25) is 0 Å². The Labute approximate surface area is 205 Å². The molecule has 0 bridgehead atoms. The van der Waals surface area contributed by atoms with Crippen LogP contribution in [0.3, 0.4) is 0 Å². The molecule has 1 saturated heterocycles. The summed E-state index contributed by atoms with van der Waals surface area (Å²) in [5.41, 5.74) is 1.54. The first-order valence-corrected chi connectivity index (χ1v) is 13.2. The summed E-state index contributed by atoms with van der Waals surface area (Å²) in [6, 6.07) is 11.1. The van der Waals surface area contributed by atoms with Crippen molar-refractivity contribution in [2.45, 2.75) is 44.6 Å². The Balaban J connectivity index is 1.34. The summed E-state index contributed by atoms with van der Waals surface area (Å²) < 4.78 is 37.9. The van der Waals surface area contributed by atoms with Crippen molar-refractivity contribution in [3.05, 3.63) is 48.0 Å². The molecule has 0 aliphatic carbocycles. The van der Waals surface area contributed by atoms with E-state index in [0.29, 0.717) is 30.0 Å². The number of rotatable bonds is 7. The van der Waals surface area contributed by atoms with Gasteiger partial charge in [0.15, 0.2) is 11.5 Å². The Hall–Kier alpha value is -3.11. The van der Waals surface area contributed by atoms with E-state index in [1.54, 1.807) is 42.5 Å². The fourth-order valence-corrected chi connectivity index (χ4v) is 5.69. The lowest BCUT2D eigenvalue weighted by atomic mass is 9.95. The summed E-state index contributed by atoms with van der Waals surface area (Å²) in [6.07, 6.45) is 0.789. The fraction of sp³-hybridized carbons (Fsp3) is 0.440. The molecule has 2 amide bonds. The molecule has 0 saturated carbocycles. The van der Waals surface area contributed by atoms with Gasteiger partial charge in [-0.05, 0) is 49.9 Å². The van der Waals surface area contributed by atoms with E-state index in [1.807, 2.05) is 20.8 Å². The van der Waals surface area contributed by atoms with Crippen molar-refractivity contribution in [1.82, 2.24) is 9.62 Å². The molecular formula is C25H31N3O6S. The summed E-state index contributed by atoms with van der Waals surface area (Å²) in [6.45, 7) is 6.28. The lowest BCUT2D eigenvalue weighted by molar-refractivity contribution is -0.130. The van der Waals surface area contributed by atoms with Crippen LogP contribution in [0.5, 0.6) is 11.5 Å². The Morgan fingerprint density at radius 1 is 1.00 bits per heavy atom. The highest BCUT2D eigenvalue weighted by molar-refractivity contribution is 7.89. The van der Waals surface area contributed by atoms with Gasteiger partial charge in [0.1, 0.15) is 6.04 Å². The number of hydrogen-bond donors (Lipinski definition) is 2. The Morgan fingerprint density at radius 3 is 2.31 bits per heavy atom. The average Bonchev–Trinajstić information content (AvgIpc) is 3.30. The molecule has 2 heterocycles. The van der Waals surface area contributed by atoms with E-state index in [0.717, 1.165) is 5.56 Å². The molecule has 1 atom stereocenters. The maximum Gasteiger partial charge on any atom is 0.247 e. The van der Waals surface area contributed by atoms with Crippen molar-refractivity contribution < 1.29 is 27.5 Å². The van der Waals surface area contributed by atoms with Crippen LogP contribution in [-0.4, -0.2) is 50.5 Å². The van der Waals surface area contributed by atoms with Gasteiger partial charge in [0, 0.05) is 30.8 Å². The maximum atomic E-state index is 13.0. The summed E-state index contributed by atoms with van der Waals surface area (Å²) >= 11 is 0. The van der Waals surface area contributed by atoms with Gasteiger partial charge in [-0.2, -0.15) is 4.31 Å². The molecular weight excluding hydrogens is 470 g/mol. The predicted molar refractivity (Wildman–Crippen MR) is 131 cm³/mol. The van der Waals surface area contributed by atoms with Gasteiger partial charge in [-0.1, -0.05) is 31.5 Å². The first-order chi connectivity index (χ1) is 16.6. The molecule has 2 aromatic rings. The zero-order chi connectivity index (χ0) is 25.2. The van der Waals surface area contributed by atoms with Crippen molar-refractivity contribution in [1.29, 1.82) is 0 Å².